The standard InChI is InChI=1S/C20H21N3O4S/c1-14-2-7-18(28-14)11-21-10-17-12-23(20(25)27-17)16-5-3-15(4-6-16)22-8-9-26-13-19(22)24/h2-7,11,17H,8-10,12-13H2,1H3/b21-11+/t17-/m1/s1. The molecule has 1 atom stereocenters. The Labute approximate surface area is 167 Å². The number of nitrogens with zero attached hydrogens (tertiary/aromatic N) is 3. The van der Waals surface area contributed by atoms with Crippen LogP contribution in [0.3, 0.4) is 0 Å². The molecule has 4 rings (SSSR count). The number of amides is 2. The van der Waals surface area contributed by atoms with Crippen molar-refractivity contribution in [2.24, 2.45) is 4.99 Å². The first kappa shape index (κ1) is 18.6. The summed E-state index contributed by atoms with van der Waals surface area (Å²) in [6.07, 6.45) is 1.18. The van der Waals surface area contributed by atoms with Crippen LogP contribution in [0.25, 0.3) is 0 Å². The molecule has 28 heavy (non-hydrogen) atoms. The number of thiophene rings is 1. The minimum atomic E-state index is -0.373. The van der Waals surface area contributed by atoms with E-state index >= 15 is 0 Å². The Hall–Kier alpha value is -2.71. The summed E-state index contributed by atoms with van der Waals surface area (Å²) >= 11 is 1.68. The first-order valence-corrected chi connectivity index (χ1v) is 9.94. The molecule has 2 fully saturated rings. The van der Waals surface area contributed by atoms with Gasteiger partial charge in [0, 0.05) is 33.9 Å². The third-order valence-corrected chi connectivity index (χ3v) is 5.56. The molecule has 8 heteroatoms. The summed E-state index contributed by atoms with van der Waals surface area (Å²) in [4.78, 5) is 34.2. The highest BCUT2D eigenvalue weighted by molar-refractivity contribution is 7.13. The molecule has 0 spiro atoms. The van der Waals surface area contributed by atoms with E-state index in [2.05, 4.69) is 18.0 Å². The molecule has 2 amide bonds. The third-order valence-electron chi connectivity index (χ3n) is 4.62. The van der Waals surface area contributed by atoms with E-state index < -0.39 is 0 Å². The molecule has 0 radical (unpaired) electrons. The van der Waals surface area contributed by atoms with Gasteiger partial charge in [0.2, 0.25) is 0 Å². The lowest BCUT2D eigenvalue weighted by Gasteiger charge is -2.27. The first-order valence-electron chi connectivity index (χ1n) is 9.13. The fraction of sp³-hybridized carbons (Fsp3) is 0.350. The zero-order chi connectivity index (χ0) is 19.5. The Balaban J connectivity index is 1.37. The second-order valence-electron chi connectivity index (χ2n) is 6.67. The van der Waals surface area contributed by atoms with Gasteiger partial charge in [-0.15, -0.1) is 11.3 Å². The molecule has 1 aromatic heterocycles. The van der Waals surface area contributed by atoms with E-state index in [9.17, 15) is 9.59 Å². The van der Waals surface area contributed by atoms with Crippen molar-refractivity contribution in [1.82, 2.24) is 0 Å². The highest BCUT2D eigenvalue weighted by Crippen LogP contribution is 2.25. The summed E-state index contributed by atoms with van der Waals surface area (Å²) in [5.41, 5.74) is 1.55. The van der Waals surface area contributed by atoms with Crippen LogP contribution in [-0.4, -0.2) is 57.2 Å². The van der Waals surface area contributed by atoms with Crippen LogP contribution >= 0.6 is 11.3 Å². The van der Waals surface area contributed by atoms with Gasteiger partial charge in [-0.25, -0.2) is 4.79 Å². The van der Waals surface area contributed by atoms with Crippen molar-refractivity contribution in [2.45, 2.75) is 13.0 Å². The summed E-state index contributed by atoms with van der Waals surface area (Å²) in [6.45, 7) is 4.11. The lowest BCUT2D eigenvalue weighted by Crippen LogP contribution is -2.41. The number of benzene rings is 1. The highest BCUT2D eigenvalue weighted by Gasteiger charge is 2.32. The van der Waals surface area contributed by atoms with Crippen LogP contribution in [0.4, 0.5) is 16.2 Å². The fourth-order valence-corrected chi connectivity index (χ4v) is 3.99. The molecule has 7 nitrogen and oxygen atoms in total. The van der Waals surface area contributed by atoms with E-state index in [0.29, 0.717) is 26.2 Å². The van der Waals surface area contributed by atoms with E-state index in [1.807, 2.05) is 36.5 Å². The Bertz CT molecular complexity index is 893. The van der Waals surface area contributed by atoms with Crippen LogP contribution in [0, 0.1) is 6.92 Å². The molecule has 0 aliphatic carbocycles. The molecule has 2 aromatic rings. The molecule has 2 aliphatic heterocycles. The molecular weight excluding hydrogens is 378 g/mol. The minimum Gasteiger partial charge on any atom is -0.442 e. The van der Waals surface area contributed by atoms with Crippen LogP contribution in [-0.2, 0) is 14.3 Å². The number of carbonyl (C=O) groups excluding carboxylic acids is 2. The van der Waals surface area contributed by atoms with Gasteiger partial charge in [-0.1, -0.05) is 0 Å². The maximum Gasteiger partial charge on any atom is 0.414 e. The average molecular weight is 399 g/mol. The molecule has 1 aromatic carbocycles. The van der Waals surface area contributed by atoms with E-state index in [1.54, 1.807) is 21.1 Å². The van der Waals surface area contributed by atoms with Gasteiger partial charge in [0.1, 0.15) is 12.7 Å². The number of hydrogen-bond donors (Lipinski definition) is 0. The van der Waals surface area contributed by atoms with Crippen LogP contribution in [0.2, 0.25) is 0 Å². The SMILES string of the molecule is Cc1ccc(/C=N/C[C@@H]2CN(c3ccc(N4CCOCC4=O)cc3)C(=O)O2)s1. The number of rotatable bonds is 5. The quantitative estimate of drug-likeness (QED) is 0.725. The monoisotopic (exact) mass is 399 g/mol. The predicted molar refractivity (Wildman–Crippen MR) is 109 cm³/mol. The second kappa shape index (κ2) is 8.12. The molecule has 2 saturated heterocycles. The maximum atomic E-state index is 12.2. The van der Waals surface area contributed by atoms with E-state index in [1.165, 1.54) is 4.88 Å². The number of cyclic esters (lactones) is 1. The lowest BCUT2D eigenvalue weighted by molar-refractivity contribution is -0.125. The number of aryl methyl sites for hydroxylation is 1. The molecular formula is C20H21N3O4S. The number of morpholine rings is 1. The predicted octanol–water partition coefficient (Wildman–Crippen LogP) is 2.86. The largest absolute Gasteiger partial charge is 0.442 e. The highest BCUT2D eigenvalue weighted by atomic mass is 32.1. The van der Waals surface area contributed by atoms with Crippen molar-refractivity contribution in [2.75, 3.05) is 42.6 Å². The Kier molecular flexibility index (Phi) is 5.40. The van der Waals surface area contributed by atoms with Crippen molar-refractivity contribution in [3.05, 3.63) is 46.2 Å². The normalized spacial score (nSPS) is 20.2. The summed E-state index contributed by atoms with van der Waals surface area (Å²) < 4.78 is 10.6. The zero-order valence-electron chi connectivity index (χ0n) is 15.5. The summed E-state index contributed by atoms with van der Waals surface area (Å²) in [7, 11) is 0. The number of aliphatic imine (C=N–C) groups is 1. The van der Waals surface area contributed by atoms with Crippen LogP contribution < -0.4 is 9.80 Å². The number of carbonyl (C=O) groups is 2. The molecule has 0 bridgehead atoms. The molecule has 0 N–H and O–H groups in total. The molecule has 0 unspecified atom stereocenters. The summed E-state index contributed by atoms with van der Waals surface area (Å²) in [6, 6.07) is 11.4. The van der Waals surface area contributed by atoms with Gasteiger partial charge in [-0.3, -0.25) is 14.7 Å². The number of anilines is 2. The van der Waals surface area contributed by atoms with Gasteiger partial charge >= 0.3 is 6.09 Å². The average Bonchev–Trinajstić information content (AvgIpc) is 3.28. The van der Waals surface area contributed by atoms with Crippen LogP contribution in [0.1, 0.15) is 9.75 Å². The van der Waals surface area contributed by atoms with Gasteiger partial charge < -0.3 is 14.4 Å². The lowest BCUT2D eigenvalue weighted by atomic mass is 10.2. The van der Waals surface area contributed by atoms with E-state index in [0.717, 1.165) is 16.3 Å². The molecule has 2 aliphatic rings. The smallest absolute Gasteiger partial charge is 0.414 e. The van der Waals surface area contributed by atoms with Crippen molar-refractivity contribution in [3.63, 3.8) is 0 Å². The van der Waals surface area contributed by atoms with Crippen molar-refractivity contribution >= 4 is 40.9 Å². The molecule has 0 saturated carbocycles. The van der Waals surface area contributed by atoms with Gasteiger partial charge in [0.05, 0.1) is 19.7 Å². The summed E-state index contributed by atoms with van der Waals surface area (Å²) in [5, 5.41) is 0. The minimum absolute atomic E-state index is 0.0570. The van der Waals surface area contributed by atoms with Crippen molar-refractivity contribution in [3.8, 4) is 0 Å². The van der Waals surface area contributed by atoms with E-state index in [-0.39, 0.29) is 24.7 Å². The Morgan fingerprint density at radius 2 is 1.89 bits per heavy atom. The van der Waals surface area contributed by atoms with E-state index in [4.69, 9.17) is 9.47 Å². The topological polar surface area (TPSA) is 71.4 Å². The Morgan fingerprint density at radius 3 is 2.57 bits per heavy atom. The van der Waals surface area contributed by atoms with Crippen molar-refractivity contribution in [1.29, 1.82) is 0 Å². The van der Waals surface area contributed by atoms with Gasteiger partial charge in [0.25, 0.3) is 5.91 Å². The first-order chi connectivity index (χ1) is 13.6. The van der Waals surface area contributed by atoms with Crippen molar-refractivity contribution < 1.29 is 19.1 Å². The third kappa shape index (κ3) is 4.07. The van der Waals surface area contributed by atoms with Gasteiger partial charge in [0.15, 0.2) is 0 Å². The zero-order valence-corrected chi connectivity index (χ0v) is 16.4. The Morgan fingerprint density at radius 1 is 1.14 bits per heavy atom. The van der Waals surface area contributed by atoms with Crippen LogP contribution in [0.5, 0.6) is 0 Å². The number of ether oxygens (including phenoxy) is 2. The number of hydrogen-bond acceptors (Lipinski definition) is 6. The van der Waals surface area contributed by atoms with Gasteiger partial charge in [-0.05, 0) is 43.3 Å². The second-order valence-corrected chi connectivity index (χ2v) is 7.99. The molecule has 3 heterocycles. The maximum absolute atomic E-state index is 12.2. The molecule has 146 valence electrons. The van der Waals surface area contributed by atoms with Crippen LogP contribution in [0.15, 0.2) is 41.4 Å². The summed E-state index contributed by atoms with van der Waals surface area (Å²) in [5.74, 6) is -0.0570. The fourth-order valence-electron chi connectivity index (χ4n) is 3.21. The van der Waals surface area contributed by atoms with Gasteiger partial charge in [-0.2, -0.15) is 0 Å².